The van der Waals surface area contributed by atoms with Crippen molar-refractivity contribution in [3.05, 3.63) is 35.4 Å². The fraction of sp³-hybridized carbons (Fsp3) is 0.533. The van der Waals surface area contributed by atoms with Gasteiger partial charge < -0.3 is 14.7 Å². The third-order valence-electron chi connectivity index (χ3n) is 2.93. The first kappa shape index (κ1) is 15.7. The summed E-state index contributed by atoms with van der Waals surface area (Å²) in [6.07, 6.45) is 0.599. The van der Waals surface area contributed by atoms with Crippen molar-refractivity contribution in [3.8, 4) is 0 Å². The molecule has 0 bridgehead atoms. The predicted octanol–water partition coefficient (Wildman–Crippen LogP) is 2.07. The monoisotopic (exact) mass is 265 g/mol. The van der Waals surface area contributed by atoms with Crippen molar-refractivity contribution in [2.75, 3.05) is 20.3 Å². The number of aliphatic hydroxyl groups excluding tert-OH is 1. The van der Waals surface area contributed by atoms with Crippen LogP contribution in [0.2, 0.25) is 0 Å². The molecule has 1 N–H and O–H groups in total. The van der Waals surface area contributed by atoms with Crippen LogP contribution in [0.1, 0.15) is 36.2 Å². The number of benzene rings is 1. The topological polar surface area (TPSA) is 49.8 Å². The first-order chi connectivity index (χ1) is 9.10. The third-order valence-corrected chi connectivity index (χ3v) is 2.93. The van der Waals surface area contributed by atoms with Crippen molar-refractivity contribution in [2.45, 2.75) is 32.9 Å². The number of aliphatic hydroxyl groups is 1. The first-order valence-electron chi connectivity index (χ1n) is 6.59. The summed E-state index contributed by atoms with van der Waals surface area (Å²) in [5.74, 6) is 0.00130. The summed E-state index contributed by atoms with van der Waals surface area (Å²) in [6.45, 7) is 5.13. The van der Waals surface area contributed by atoms with Crippen LogP contribution in [0.15, 0.2) is 24.3 Å². The SMILES string of the molecule is COCc1cccc(C(=O)N(CCCO)C(C)C)c1. The molecular formula is C15H23NO3. The van der Waals surface area contributed by atoms with E-state index in [1.807, 2.05) is 38.1 Å². The van der Waals surface area contributed by atoms with E-state index in [9.17, 15) is 4.79 Å². The van der Waals surface area contributed by atoms with Crippen molar-refractivity contribution in [3.63, 3.8) is 0 Å². The molecule has 106 valence electrons. The van der Waals surface area contributed by atoms with E-state index in [-0.39, 0.29) is 18.6 Å². The molecule has 0 fully saturated rings. The minimum Gasteiger partial charge on any atom is -0.396 e. The van der Waals surface area contributed by atoms with E-state index in [2.05, 4.69) is 0 Å². The van der Waals surface area contributed by atoms with Gasteiger partial charge in [-0.15, -0.1) is 0 Å². The molecule has 1 amide bonds. The zero-order valence-electron chi connectivity index (χ0n) is 11.9. The molecule has 1 aromatic carbocycles. The average Bonchev–Trinajstić information content (AvgIpc) is 2.39. The second-order valence-electron chi connectivity index (χ2n) is 4.80. The molecule has 1 rings (SSSR count). The van der Waals surface area contributed by atoms with Crippen LogP contribution in [0.25, 0.3) is 0 Å². The summed E-state index contributed by atoms with van der Waals surface area (Å²) in [5, 5.41) is 8.91. The fourth-order valence-corrected chi connectivity index (χ4v) is 1.96. The zero-order chi connectivity index (χ0) is 14.3. The summed E-state index contributed by atoms with van der Waals surface area (Å²) >= 11 is 0. The van der Waals surface area contributed by atoms with E-state index < -0.39 is 0 Å². The lowest BCUT2D eigenvalue weighted by molar-refractivity contribution is 0.0693. The minimum absolute atomic E-state index is 0.00130. The van der Waals surface area contributed by atoms with E-state index >= 15 is 0 Å². The number of nitrogens with zero attached hydrogens (tertiary/aromatic N) is 1. The average molecular weight is 265 g/mol. The quantitative estimate of drug-likeness (QED) is 0.821. The van der Waals surface area contributed by atoms with Crippen molar-refractivity contribution in [2.24, 2.45) is 0 Å². The lowest BCUT2D eigenvalue weighted by atomic mass is 10.1. The predicted molar refractivity (Wildman–Crippen MR) is 75.0 cm³/mol. The van der Waals surface area contributed by atoms with Gasteiger partial charge in [-0.2, -0.15) is 0 Å². The molecule has 1 aromatic rings. The Morgan fingerprint density at radius 2 is 2.16 bits per heavy atom. The second-order valence-corrected chi connectivity index (χ2v) is 4.80. The Morgan fingerprint density at radius 3 is 2.74 bits per heavy atom. The molecule has 0 aliphatic rings. The molecular weight excluding hydrogens is 242 g/mol. The van der Waals surface area contributed by atoms with Crippen LogP contribution in [0.4, 0.5) is 0 Å². The van der Waals surface area contributed by atoms with Gasteiger partial charge in [0.2, 0.25) is 0 Å². The Kier molecular flexibility index (Phi) is 6.53. The Labute approximate surface area is 115 Å². The van der Waals surface area contributed by atoms with Crippen LogP contribution in [-0.4, -0.2) is 42.2 Å². The van der Waals surface area contributed by atoms with Gasteiger partial charge in [0.15, 0.2) is 0 Å². The molecule has 0 aliphatic carbocycles. The smallest absolute Gasteiger partial charge is 0.254 e. The Morgan fingerprint density at radius 1 is 1.42 bits per heavy atom. The van der Waals surface area contributed by atoms with Gasteiger partial charge in [-0.1, -0.05) is 12.1 Å². The molecule has 0 atom stereocenters. The molecule has 19 heavy (non-hydrogen) atoms. The fourth-order valence-electron chi connectivity index (χ4n) is 1.96. The zero-order valence-corrected chi connectivity index (χ0v) is 11.9. The van der Waals surface area contributed by atoms with Gasteiger partial charge in [0.25, 0.3) is 5.91 Å². The molecule has 4 nitrogen and oxygen atoms in total. The normalized spacial score (nSPS) is 10.8. The molecule has 0 radical (unpaired) electrons. The largest absolute Gasteiger partial charge is 0.396 e. The maximum atomic E-state index is 12.5. The Hall–Kier alpha value is -1.39. The van der Waals surface area contributed by atoms with E-state index in [0.29, 0.717) is 25.1 Å². The molecule has 0 aliphatic heterocycles. The van der Waals surface area contributed by atoms with Crippen LogP contribution in [0.5, 0.6) is 0 Å². The van der Waals surface area contributed by atoms with Gasteiger partial charge in [-0.3, -0.25) is 4.79 Å². The molecule has 0 saturated heterocycles. The summed E-state index contributed by atoms with van der Waals surface area (Å²) in [6, 6.07) is 7.60. The second kappa shape index (κ2) is 7.92. The number of carbonyl (C=O) groups excluding carboxylic acids is 1. The Balaban J connectivity index is 2.86. The number of carbonyl (C=O) groups is 1. The molecule has 0 heterocycles. The maximum absolute atomic E-state index is 12.5. The lowest BCUT2D eigenvalue weighted by Gasteiger charge is -2.26. The number of rotatable bonds is 7. The number of hydrogen-bond acceptors (Lipinski definition) is 3. The highest BCUT2D eigenvalue weighted by Gasteiger charge is 2.18. The minimum atomic E-state index is 0.00130. The van der Waals surface area contributed by atoms with Crippen LogP contribution in [-0.2, 0) is 11.3 Å². The summed E-state index contributed by atoms with van der Waals surface area (Å²) in [7, 11) is 1.64. The van der Waals surface area contributed by atoms with Crippen molar-refractivity contribution < 1.29 is 14.6 Å². The standard InChI is InChI=1S/C15H23NO3/c1-12(2)16(8-5-9-17)15(18)14-7-4-6-13(10-14)11-19-3/h4,6-7,10,12,17H,5,8-9,11H2,1-3H3. The third kappa shape index (κ3) is 4.65. The molecule has 0 unspecified atom stereocenters. The number of methoxy groups -OCH3 is 1. The van der Waals surface area contributed by atoms with Crippen LogP contribution in [0.3, 0.4) is 0 Å². The van der Waals surface area contributed by atoms with Crippen LogP contribution >= 0.6 is 0 Å². The Bertz CT molecular complexity index is 404. The number of ether oxygens (including phenoxy) is 1. The summed E-state index contributed by atoms with van der Waals surface area (Å²) < 4.78 is 5.08. The van der Waals surface area contributed by atoms with Gasteiger partial charge >= 0.3 is 0 Å². The van der Waals surface area contributed by atoms with Gasteiger partial charge in [0.1, 0.15) is 0 Å². The highest BCUT2D eigenvalue weighted by molar-refractivity contribution is 5.94. The van der Waals surface area contributed by atoms with Crippen molar-refractivity contribution in [1.82, 2.24) is 4.90 Å². The van der Waals surface area contributed by atoms with Gasteiger partial charge in [0, 0.05) is 31.9 Å². The van der Waals surface area contributed by atoms with Gasteiger partial charge in [-0.25, -0.2) is 0 Å². The van der Waals surface area contributed by atoms with E-state index in [0.717, 1.165) is 5.56 Å². The van der Waals surface area contributed by atoms with Gasteiger partial charge in [-0.05, 0) is 38.0 Å². The number of hydrogen-bond donors (Lipinski definition) is 1. The maximum Gasteiger partial charge on any atom is 0.254 e. The molecule has 0 aromatic heterocycles. The van der Waals surface area contributed by atoms with Crippen molar-refractivity contribution in [1.29, 1.82) is 0 Å². The summed E-state index contributed by atoms with van der Waals surface area (Å²) in [4.78, 5) is 14.2. The van der Waals surface area contributed by atoms with Gasteiger partial charge in [0.05, 0.1) is 6.61 Å². The van der Waals surface area contributed by atoms with Crippen LogP contribution < -0.4 is 0 Å². The molecule has 4 heteroatoms. The highest BCUT2D eigenvalue weighted by atomic mass is 16.5. The van der Waals surface area contributed by atoms with E-state index in [1.165, 1.54) is 0 Å². The summed E-state index contributed by atoms with van der Waals surface area (Å²) in [5.41, 5.74) is 1.65. The molecule has 0 spiro atoms. The molecule has 0 saturated carbocycles. The van der Waals surface area contributed by atoms with E-state index in [1.54, 1.807) is 12.0 Å². The first-order valence-corrected chi connectivity index (χ1v) is 6.59. The van der Waals surface area contributed by atoms with E-state index in [4.69, 9.17) is 9.84 Å². The number of amides is 1. The lowest BCUT2D eigenvalue weighted by Crippen LogP contribution is -2.38. The van der Waals surface area contributed by atoms with Crippen LogP contribution in [0, 0.1) is 0 Å². The highest BCUT2D eigenvalue weighted by Crippen LogP contribution is 2.12. The van der Waals surface area contributed by atoms with Crippen molar-refractivity contribution >= 4 is 5.91 Å².